The molecule has 0 aliphatic heterocycles. The largest absolute Gasteiger partial charge is 0.487 e. The van der Waals surface area contributed by atoms with Crippen molar-refractivity contribution in [2.24, 2.45) is 0 Å². The number of nitrogens with zero attached hydrogens (tertiary/aromatic N) is 3. The van der Waals surface area contributed by atoms with Gasteiger partial charge in [-0.3, -0.25) is 14.6 Å². The first-order valence-electron chi connectivity index (χ1n) is 15.8. The van der Waals surface area contributed by atoms with Crippen molar-refractivity contribution < 1.29 is 19.1 Å². The summed E-state index contributed by atoms with van der Waals surface area (Å²) in [5.74, 6) is 0.803. The molecule has 3 heterocycles. The van der Waals surface area contributed by atoms with Gasteiger partial charge >= 0.3 is 0 Å². The minimum atomic E-state index is -0.270. The summed E-state index contributed by atoms with van der Waals surface area (Å²) in [6.45, 7) is 2.57. The number of ether oxygens (including phenoxy) is 2. The number of rotatable bonds is 12. The molecule has 252 valence electrons. The van der Waals surface area contributed by atoms with E-state index in [2.05, 4.69) is 15.6 Å². The quantitative estimate of drug-likeness (QED) is 0.126. The molecular formula is C39H33Cl2N5O4. The van der Waals surface area contributed by atoms with Gasteiger partial charge in [0.05, 0.1) is 22.9 Å². The fourth-order valence-electron chi connectivity index (χ4n) is 5.33. The zero-order chi connectivity index (χ0) is 35.0. The lowest BCUT2D eigenvalue weighted by Gasteiger charge is -2.17. The first-order chi connectivity index (χ1) is 24.3. The van der Waals surface area contributed by atoms with Gasteiger partial charge in [-0.15, -0.1) is 0 Å². The predicted molar refractivity (Wildman–Crippen MR) is 196 cm³/mol. The second kappa shape index (κ2) is 15.7. The van der Waals surface area contributed by atoms with E-state index in [-0.39, 0.29) is 25.0 Å². The van der Waals surface area contributed by atoms with E-state index < -0.39 is 0 Å². The fourth-order valence-corrected chi connectivity index (χ4v) is 5.90. The standard InChI is InChI=1S/C39H33Cl2N5O4/c1-25-21-35(49-23-28-7-3-4-19-43-28)30-9-5-10-34(38(30)45-25)50-24-31-32(40)16-17-33(37(31)41)46-20-6-8-29(46)22-44-36(47)18-13-26-11-14-27(15-12-26)39(48)42-2/h3-21H,22-24H2,1-2H3,(H,42,48)(H,44,47). The molecule has 3 aromatic carbocycles. The van der Waals surface area contributed by atoms with Crippen molar-refractivity contribution >= 4 is 52.0 Å². The maximum absolute atomic E-state index is 12.7. The average Bonchev–Trinajstić information content (AvgIpc) is 3.60. The van der Waals surface area contributed by atoms with E-state index in [0.717, 1.165) is 28.0 Å². The first-order valence-corrected chi connectivity index (χ1v) is 16.5. The lowest BCUT2D eigenvalue weighted by molar-refractivity contribution is -0.116. The number of hydrogen-bond acceptors (Lipinski definition) is 6. The van der Waals surface area contributed by atoms with Gasteiger partial charge in [-0.2, -0.15) is 0 Å². The number of carbonyl (C=O) groups is 2. The monoisotopic (exact) mass is 705 g/mol. The molecule has 0 saturated heterocycles. The molecule has 0 aliphatic carbocycles. The van der Waals surface area contributed by atoms with Crippen molar-refractivity contribution in [2.75, 3.05) is 7.05 Å². The van der Waals surface area contributed by atoms with Crippen molar-refractivity contribution in [2.45, 2.75) is 26.7 Å². The van der Waals surface area contributed by atoms with Crippen LogP contribution in [0, 0.1) is 6.92 Å². The Morgan fingerprint density at radius 3 is 2.50 bits per heavy atom. The molecule has 0 radical (unpaired) electrons. The Labute approximate surface area is 299 Å². The van der Waals surface area contributed by atoms with Crippen molar-refractivity contribution in [1.29, 1.82) is 0 Å². The lowest BCUT2D eigenvalue weighted by atomic mass is 10.1. The molecule has 0 spiro atoms. The molecule has 0 bridgehead atoms. The minimum absolute atomic E-state index is 0.0899. The Kier molecular flexibility index (Phi) is 10.8. The molecule has 0 fully saturated rings. The van der Waals surface area contributed by atoms with Gasteiger partial charge in [0.25, 0.3) is 5.91 Å². The zero-order valence-electron chi connectivity index (χ0n) is 27.3. The molecule has 50 heavy (non-hydrogen) atoms. The van der Waals surface area contributed by atoms with Crippen LogP contribution in [0.1, 0.15) is 38.6 Å². The Morgan fingerprint density at radius 2 is 1.72 bits per heavy atom. The van der Waals surface area contributed by atoms with Crippen LogP contribution in [0.15, 0.2) is 109 Å². The van der Waals surface area contributed by atoms with Crippen LogP contribution in [0.2, 0.25) is 10.0 Å². The number of hydrogen-bond donors (Lipinski definition) is 2. The summed E-state index contributed by atoms with van der Waals surface area (Å²) >= 11 is 13.6. The molecular weight excluding hydrogens is 673 g/mol. The van der Waals surface area contributed by atoms with Gasteiger partial charge in [0.1, 0.15) is 30.2 Å². The topological polar surface area (TPSA) is 107 Å². The second-order valence-corrected chi connectivity index (χ2v) is 12.1. The van der Waals surface area contributed by atoms with Crippen LogP contribution in [0.25, 0.3) is 22.7 Å². The molecule has 2 amide bonds. The normalized spacial score (nSPS) is 11.1. The Bertz CT molecular complexity index is 2180. The predicted octanol–water partition coefficient (Wildman–Crippen LogP) is 7.88. The van der Waals surface area contributed by atoms with Gasteiger partial charge < -0.3 is 24.7 Å². The van der Waals surface area contributed by atoms with E-state index in [1.54, 1.807) is 49.7 Å². The summed E-state index contributed by atoms with van der Waals surface area (Å²) < 4.78 is 14.4. The Balaban J connectivity index is 1.15. The molecule has 6 rings (SSSR count). The Hall–Kier alpha value is -5.64. The van der Waals surface area contributed by atoms with E-state index >= 15 is 0 Å². The third-order valence-electron chi connectivity index (χ3n) is 7.90. The number of nitrogens with one attached hydrogen (secondary N) is 2. The van der Waals surface area contributed by atoms with E-state index in [1.807, 2.05) is 78.4 Å². The number of para-hydroxylation sites is 1. The van der Waals surface area contributed by atoms with E-state index in [1.165, 1.54) is 6.08 Å². The third-order valence-corrected chi connectivity index (χ3v) is 8.67. The molecule has 0 unspecified atom stereocenters. The molecule has 3 aromatic heterocycles. The zero-order valence-corrected chi connectivity index (χ0v) is 28.8. The SMILES string of the molecule is CNC(=O)c1ccc(C=CC(=O)NCc2cccn2-c2ccc(Cl)c(COc3cccc4c(OCc5ccccn5)cc(C)nc34)c2Cl)cc1. The molecule has 6 aromatic rings. The van der Waals surface area contributed by atoms with Gasteiger partial charge in [-0.25, -0.2) is 4.98 Å². The maximum Gasteiger partial charge on any atom is 0.251 e. The van der Waals surface area contributed by atoms with Crippen LogP contribution in [-0.2, 0) is 24.6 Å². The number of aryl methyl sites for hydroxylation is 1. The number of fused-ring (bicyclic) bond motifs is 1. The number of benzene rings is 3. The smallest absolute Gasteiger partial charge is 0.251 e. The number of carbonyl (C=O) groups excluding carboxylic acids is 2. The van der Waals surface area contributed by atoms with Crippen molar-refractivity contribution in [3.63, 3.8) is 0 Å². The van der Waals surface area contributed by atoms with Crippen LogP contribution in [0.4, 0.5) is 0 Å². The minimum Gasteiger partial charge on any atom is -0.487 e. The summed E-state index contributed by atoms with van der Waals surface area (Å²) in [5.41, 5.74) is 5.70. The van der Waals surface area contributed by atoms with E-state index in [4.69, 9.17) is 37.7 Å². The summed E-state index contributed by atoms with van der Waals surface area (Å²) in [4.78, 5) is 33.5. The Morgan fingerprint density at radius 1 is 0.900 bits per heavy atom. The highest BCUT2D eigenvalue weighted by Gasteiger charge is 2.17. The molecule has 0 atom stereocenters. The molecule has 0 aliphatic rings. The highest BCUT2D eigenvalue weighted by molar-refractivity contribution is 6.37. The van der Waals surface area contributed by atoms with Gasteiger partial charge in [0, 0.05) is 64.5 Å². The molecule has 2 N–H and O–H groups in total. The van der Waals surface area contributed by atoms with Crippen molar-refractivity contribution in [3.8, 4) is 17.2 Å². The summed E-state index contributed by atoms with van der Waals surface area (Å²) in [6.07, 6.45) is 6.74. The fraction of sp³-hybridized carbons (Fsp3) is 0.128. The summed E-state index contributed by atoms with van der Waals surface area (Å²) in [7, 11) is 1.58. The number of aromatic nitrogens is 3. The molecule has 0 saturated carbocycles. The number of pyridine rings is 2. The molecule has 9 nitrogen and oxygen atoms in total. The van der Waals surface area contributed by atoms with Crippen LogP contribution in [0.3, 0.4) is 0 Å². The van der Waals surface area contributed by atoms with Gasteiger partial charge in [-0.05, 0) is 79.2 Å². The van der Waals surface area contributed by atoms with E-state index in [0.29, 0.717) is 50.5 Å². The van der Waals surface area contributed by atoms with Crippen LogP contribution in [0.5, 0.6) is 11.5 Å². The average molecular weight is 707 g/mol. The summed E-state index contributed by atoms with van der Waals surface area (Å²) in [5, 5.41) is 7.19. The number of amides is 2. The van der Waals surface area contributed by atoms with Crippen molar-refractivity contribution in [1.82, 2.24) is 25.2 Å². The van der Waals surface area contributed by atoms with Crippen molar-refractivity contribution in [3.05, 3.63) is 153 Å². The first kappa shape index (κ1) is 34.2. The highest BCUT2D eigenvalue weighted by atomic mass is 35.5. The molecule has 11 heteroatoms. The van der Waals surface area contributed by atoms with Gasteiger partial charge in [0.15, 0.2) is 0 Å². The second-order valence-electron chi connectivity index (χ2n) is 11.3. The lowest BCUT2D eigenvalue weighted by Crippen LogP contribution is -2.21. The third kappa shape index (κ3) is 7.97. The van der Waals surface area contributed by atoms with Crippen LogP contribution in [-0.4, -0.2) is 33.4 Å². The van der Waals surface area contributed by atoms with Crippen LogP contribution >= 0.6 is 23.2 Å². The van der Waals surface area contributed by atoms with Gasteiger partial charge in [-0.1, -0.05) is 47.5 Å². The maximum atomic E-state index is 12.7. The summed E-state index contributed by atoms with van der Waals surface area (Å²) in [6, 6.07) is 27.6. The van der Waals surface area contributed by atoms with E-state index in [9.17, 15) is 9.59 Å². The van der Waals surface area contributed by atoms with Crippen LogP contribution < -0.4 is 20.1 Å². The highest BCUT2D eigenvalue weighted by Crippen LogP contribution is 2.35. The van der Waals surface area contributed by atoms with Gasteiger partial charge in [0.2, 0.25) is 5.91 Å². The number of halogens is 2.